The summed E-state index contributed by atoms with van der Waals surface area (Å²) in [5.41, 5.74) is 17.2. The van der Waals surface area contributed by atoms with E-state index >= 15 is 0 Å². The van der Waals surface area contributed by atoms with Gasteiger partial charge in [0.15, 0.2) is 10.1 Å². The quantitative estimate of drug-likeness (QED) is 0.0827. The molecule has 562 valence electrons. The molecule has 0 unspecified atom stereocenters. The molecule has 0 bridgehead atoms. The van der Waals surface area contributed by atoms with E-state index in [2.05, 4.69) is 173 Å². The van der Waals surface area contributed by atoms with Gasteiger partial charge in [0, 0.05) is 73.1 Å². The summed E-state index contributed by atoms with van der Waals surface area (Å²) >= 11 is 0. The Bertz CT molecular complexity index is 5010. The number of hydrogen-bond acceptors (Lipinski definition) is 13. The molecule has 16 rings (SSSR count). The third kappa shape index (κ3) is 25.4. The SMILES string of the molecule is CC(C)c1ccnc(-c2[c-]ccc3c2oc2ccccc23)c1.CC(C)c1ccnc(-c2cccc3c2oc2ccccc23)c1.CO.CO.Cc1ccc(-c2[c-]cccc2)nc1.Cc1ccc(-c2[c-]cccc2)nc1.Cc1ccc(-c2[c-]cccc2)nc1.Cc1ccc(-c2[c-]cccc2)nc1.O=S(=O)([O-])C(F)(F)F.[Ir+3].[Ir+3]. The minimum absolute atomic E-state index is 0. The second-order valence-electron chi connectivity index (χ2n) is 24.6. The van der Waals surface area contributed by atoms with Crippen molar-refractivity contribution in [3.05, 3.63) is 350 Å². The number of rotatable bonds is 8. The summed E-state index contributed by atoms with van der Waals surface area (Å²) in [5, 5.41) is 18.5. The Morgan fingerprint density at radius 1 is 0.373 bits per heavy atom. The van der Waals surface area contributed by atoms with Gasteiger partial charge in [-0.2, -0.15) is 13.2 Å². The van der Waals surface area contributed by atoms with E-state index in [9.17, 15) is 13.2 Å². The van der Waals surface area contributed by atoms with Crippen molar-refractivity contribution in [1.82, 2.24) is 29.9 Å². The topological polar surface area (TPSA) is 201 Å². The zero-order valence-electron chi connectivity index (χ0n) is 62.1. The Balaban J connectivity index is 0.000000203. The Labute approximate surface area is 668 Å². The molecule has 8 aromatic heterocycles. The van der Waals surface area contributed by atoms with Crippen LogP contribution >= 0.6 is 0 Å². The van der Waals surface area contributed by atoms with Crippen LogP contribution in [0.3, 0.4) is 0 Å². The summed E-state index contributed by atoms with van der Waals surface area (Å²) in [6.45, 7) is 16.9. The number of furan rings is 2. The molecule has 0 amide bonds. The number of aryl methyl sites for hydroxylation is 4. The standard InChI is InChI=1S/C20H17NO.C20H16NO.4C12H10N.CHF3O3S.2CH4O.2Ir/c2*1-13(2)14-10-11-21-18(12-14)17-8-5-7-16-15-6-3-4-9-19(15)22-20(16)17;4*1-10-7-8-12(13-9-10)11-5-3-2-4-6-11;2-1(3,4)8(5,6)7;2*1-2;;/h3-13H,1-2H3;3-7,9-13H,1-2H3;4*2-5,7-9H,1H3;(H,5,6,7);2*2H,1H3;;/q;5*-1;;;;2*+3/p-1. The van der Waals surface area contributed by atoms with Crippen LogP contribution in [-0.4, -0.2) is 72.8 Å². The molecule has 0 radical (unpaired) electrons. The number of alkyl halides is 3. The third-order valence-corrected chi connectivity index (χ3v) is 16.6. The van der Waals surface area contributed by atoms with Gasteiger partial charge < -0.3 is 48.5 Å². The fourth-order valence-corrected chi connectivity index (χ4v) is 10.4. The predicted molar refractivity (Wildman–Crippen MR) is 426 cm³/mol. The van der Waals surface area contributed by atoms with Crippen LogP contribution in [0.4, 0.5) is 13.2 Å². The fourth-order valence-electron chi connectivity index (χ4n) is 10.4. The molecule has 0 saturated heterocycles. The second-order valence-corrected chi connectivity index (χ2v) is 26.0. The number of nitrogens with zero attached hydrogens (tertiary/aromatic N) is 6. The van der Waals surface area contributed by atoms with E-state index in [0.29, 0.717) is 11.8 Å². The molecule has 0 spiro atoms. The number of para-hydroxylation sites is 3. The van der Waals surface area contributed by atoms with Crippen molar-refractivity contribution >= 4 is 54.0 Å². The van der Waals surface area contributed by atoms with Crippen LogP contribution in [-0.2, 0) is 50.3 Å². The number of halogens is 3. The van der Waals surface area contributed by atoms with E-state index in [1.54, 1.807) is 0 Å². The smallest absolute Gasteiger partial charge is 0.741 e. The van der Waals surface area contributed by atoms with Crippen LogP contribution in [0.25, 0.3) is 111 Å². The second kappa shape index (κ2) is 44.0. The molecular formula is C91H81F3Ir2N6O7S. The molecule has 16 aromatic rings. The Morgan fingerprint density at radius 2 is 0.700 bits per heavy atom. The van der Waals surface area contributed by atoms with Crippen LogP contribution in [0.1, 0.15) is 72.9 Å². The van der Waals surface area contributed by atoms with Crippen molar-refractivity contribution in [3.63, 3.8) is 0 Å². The molecule has 110 heavy (non-hydrogen) atoms. The number of aromatic nitrogens is 6. The van der Waals surface area contributed by atoms with Gasteiger partial charge in [-0.05, 0) is 132 Å². The van der Waals surface area contributed by atoms with Gasteiger partial charge in [-0.15, -0.1) is 162 Å². The molecule has 0 fully saturated rings. The molecule has 0 aliphatic rings. The molecule has 8 heterocycles. The van der Waals surface area contributed by atoms with Gasteiger partial charge in [-0.25, -0.2) is 8.42 Å². The summed E-state index contributed by atoms with van der Waals surface area (Å²) in [4.78, 5) is 26.3. The molecule has 19 heteroatoms. The Kier molecular flexibility index (Phi) is 35.2. The van der Waals surface area contributed by atoms with E-state index in [0.717, 1.165) is 126 Å². The minimum atomic E-state index is -6.09. The molecule has 2 N–H and O–H groups in total. The summed E-state index contributed by atoms with van der Waals surface area (Å²) in [7, 11) is -4.09. The van der Waals surface area contributed by atoms with Crippen molar-refractivity contribution in [2.24, 2.45) is 0 Å². The van der Waals surface area contributed by atoms with Crippen LogP contribution in [0.5, 0.6) is 0 Å². The molecule has 0 aliphatic heterocycles. The van der Waals surface area contributed by atoms with Crippen molar-refractivity contribution in [2.75, 3.05) is 14.2 Å². The number of pyridine rings is 6. The first-order chi connectivity index (χ1) is 52.2. The Morgan fingerprint density at radius 3 is 1.04 bits per heavy atom. The normalized spacial score (nSPS) is 10.5. The van der Waals surface area contributed by atoms with Crippen LogP contribution < -0.4 is 0 Å². The number of aliphatic hydroxyl groups excluding tert-OH is 2. The maximum Gasteiger partial charge on any atom is 3.00 e. The van der Waals surface area contributed by atoms with Gasteiger partial charge in [0.1, 0.15) is 16.7 Å². The van der Waals surface area contributed by atoms with Crippen LogP contribution in [0.2, 0.25) is 0 Å². The Hall–Kier alpha value is -10.8. The van der Waals surface area contributed by atoms with Crippen LogP contribution in [0, 0.1) is 58.0 Å². The van der Waals surface area contributed by atoms with Crippen molar-refractivity contribution in [3.8, 4) is 67.5 Å². The monoisotopic (exact) mass is 1840 g/mol. The van der Waals surface area contributed by atoms with Crippen molar-refractivity contribution in [2.45, 2.75) is 72.7 Å². The van der Waals surface area contributed by atoms with Crippen LogP contribution in [0.15, 0.2) is 295 Å². The maximum absolute atomic E-state index is 10.7. The summed E-state index contributed by atoms with van der Waals surface area (Å²) in [6.07, 6.45) is 11.2. The number of aliphatic hydroxyl groups is 2. The van der Waals surface area contributed by atoms with E-state index in [4.69, 9.17) is 32.0 Å². The predicted octanol–water partition coefficient (Wildman–Crippen LogP) is 22.0. The molecular weight excluding hydrogens is 1760 g/mol. The van der Waals surface area contributed by atoms with Gasteiger partial charge in [-0.3, -0.25) is 4.98 Å². The summed E-state index contributed by atoms with van der Waals surface area (Å²) < 4.78 is 71.1. The molecule has 13 nitrogen and oxygen atoms in total. The largest absolute Gasteiger partial charge is 3.00 e. The van der Waals surface area contributed by atoms with Gasteiger partial charge in [0.25, 0.3) is 0 Å². The third-order valence-electron chi connectivity index (χ3n) is 16.0. The number of benzene rings is 8. The number of hydrogen-bond donors (Lipinski definition) is 2. The first kappa shape index (κ1) is 88.1. The van der Waals surface area contributed by atoms with Crippen molar-refractivity contribution in [1.29, 1.82) is 0 Å². The van der Waals surface area contributed by atoms with Gasteiger partial charge in [0.05, 0.1) is 11.3 Å². The van der Waals surface area contributed by atoms with Gasteiger partial charge >= 0.3 is 45.7 Å². The van der Waals surface area contributed by atoms with E-state index in [1.165, 1.54) is 33.4 Å². The zero-order valence-corrected chi connectivity index (χ0v) is 67.7. The molecule has 8 aromatic carbocycles. The van der Waals surface area contributed by atoms with Crippen molar-refractivity contribution < 1.29 is 85.4 Å². The van der Waals surface area contributed by atoms with E-state index < -0.39 is 15.6 Å². The fraction of sp³-hybridized carbons (Fsp3) is 0.143. The van der Waals surface area contributed by atoms with E-state index in [1.807, 2.05) is 229 Å². The minimum Gasteiger partial charge on any atom is -0.741 e. The van der Waals surface area contributed by atoms with E-state index in [-0.39, 0.29) is 40.2 Å². The maximum atomic E-state index is 10.7. The average Bonchev–Trinajstić information content (AvgIpc) is 1.62. The first-order valence-electron chi connectivity index (χ1n) is 34.3. The molecule has 0 atom stereocenters. The van der Waals surface area contributed by atoms with Gasteiger partial charge in [0.2, 0.25) is 0 Å². The molecule has 0 aliphatic carbocycles. The number of fused-ring (bicyclic) bond motifs is 6. The first-order valence-corrected chi connectivity index (χ1v) is 35.7. The molecule has 0 saturated carbocycles. The van der Waals surface area contributed by atoms with Gasteiger partial charge in [-0.1, -0.05) is 147 Å². The summed E-state index contributed by atoms with van der Waals surface area (Å²) in [5.74, 6) is 0.952. The summed E-state index contributed by atoms with van der Waals surface area (Å²) in [6, 6.07) is 98.6. The average molecular weight is 1840 g/mol. The zero-order chi connectivity index (χ0) is 77.6.